The van der Waals surface area contributed by atoms with Crippen molar-refractivity contribution in [2.45, 2.75) is 303 Å². The van der Waals surface area contributed by atoms with Crippen LogP contribution in [0.4, 0.5) is 0 Å². The topological polar surface area (TPSA) is 78.9 Å². The summed E-state index contributed by atoms with van der Waals surface area (Å²) in [5, 5.41) is 0. The number of esters is 3. The summed E-state index contributed by atoms with van der Waals surface area (Å²) in [6.07, 6.45) is 70.7. The molecule has 1 atom stereocenters. The summed E-state index contributed by atoms with van der Waals surface area (Å²) in [6.45, 7) is 6.50. The lowest BCUT2D eigenvalue weighted by Gasteiger charge is -2.18. The Labute approximate surface area is 421 Å². The van der Waals surface area contributed by atoms with Gasteiger partial charge in [0.25, 0.3) is 0 Å². The van der Waals surface area contributed by atoms with E-state index in [9.17, 15) is 14.4 Å². The second kappa shape index (κ2) is 56.7. The Morgan fingerprint density at radius 1 is 0.309 bits per heavy atom. The first kappa shape index (κ1) is 65.1. The molecule has 0 bridgehead atoms. The van der Waals surface area contributed by atoms with E-state index in [1.165, 1.54) is 173 Å². The molecule has 6 heteroatoms. The Hall–Kier alpha value is -2.89. The van der Waals surface area contributed by atoms with E-state index >= 15 is 0 Å². The molecular formula is C62H110O6. The molecular weight excluding hydrogens is 841 g/mol. The maximum absolute atomic E-state index is 12.9. The van der Waals surface area contributed by atoms with Crippen LogP contribution in [0.1, 0.15) is 297 Å². The van der Waals surface area contributed by atoms with E-state index in [1.807, 2.05) is 0 Å². The lowest BCUT2D eigenvalue weighted by Crippen LogP contribution is -2.30. The molecule has 0 radical (unpaired) electrons. The molecule has 0 aromatic rings. The van der Waals surface area contributed by atoms with Gasteiger partial charge in [0.05, 0.1) is 0 Å². The van der Waals surface area contributed by atoms with E-state index in [0.29, 0.717) is 19.3 Å². The molecule has 68 heavy (non-hydrogen) atoms. The molecule has 1 unspecified atom stereocenters. The Kier molecular flexibility index (Phi) is 54.3. The van der Waals surface area contributed by atoms with Crippen LogP contribution in [0.2, 0.25) is 0 Å². The molecule has 6 nitrogen and oxygen atoms in total. The molecule has 0 N–H and O–H groups in total. The fraction of sp³-hybridized carbons (Fsp3) is 0.790. The van der Waals surface area contributed by atoms with Crippen molar-refractivity contribution in [3.05, 3.63) is 60.8 Å². The molecule has 0 aliphatic carbocycles. The summed E-state index contributed by atoms with van der Waals surface area (Å²) in [4.78, 5) is 38.2. The molecule has 0 aromatic carbocycles. The van der Waals surface area contributed by atoms with Crippen LogP contribution < -0.4 is 0 Å². The summed E-state index contributed by atoms with van der Waals surface area (Å²) >= 11 is 0. The van der Waals surface area contributed by atoms with Gasteiger partial charge in [-0.3, -0.25) is 14.4 Å². The van der Waals surface area contributed by atoms with Gasteiger partial charge < -0.3 is 14.2 Å². The van der Waals surface area contributed by atoms with Crippen molar-refractivity contribution >= 4 is 17.9 Å². The van der Waals surface area contributed by atoms with Gasteiger partial charge in [0.15, 0.2) is 6.10 Å². The first-order valence-electron chi connectivity index (χ1n) is 29.3. The van der Waals surface area contributed by atoms with Gasteiger partial charge in [0.1, 0.15) is 13.2 Å². The number of carbonyl (C=O) groups is 3. The van der Waals surface area contributed by atoms with E-state index in [-0.39, 0.29) is 31.1 Å². The van der Waals surface area contributed by atoms with Gasteiger partial charge in [0, 0.05) is 19.3 Å². The fourth-order valence-corrected chi connectivity index (χ4v) is 8.44. The highest BCUT2D eigenvalue weighted by molar-refractivity contribution is 5.71. The lowest BCUT2D eigenvalue weighted by atomic mass is 10.0. The number of unbranched alkanes of at least 4 members (excludes halogenated alkanes) is 35. The van der Waals surface area contributed by atoms with Crippen molar-refractivity contribution in [1.82, 2.24) is 0 Å². The van der Waals surface area contributed by atoms with E-state index in [2.05, 4.69) is 81.5 Å². The van der Waals surface area contributed by atoms with Crippen molar-refractivity contribution < 1.29 is 28.6 Å². The van der Waals surface area contributed by atoms with Crippen molar-refractivity contribution in [3.8, 4) is 0 Å². The van der Waals surface area contributed by atoms with Crippen LogP contribution >= 0.6 is 0 Å². The molecule has 0 amide bonds. The highest BCUT2D eigenvalue weighted by Crippen LogP contribution is 2.17. The van der Waals surface area contributed by atoms with Crippen LogP contribution in [-0.4, -0.2) is 37.2 Å². The number of hydrogen-bond donors (Lipinski definition) is 0. The van der Waals surface area contributed by atoms with Gasteiger partial charge >= 0.3 is 17.9 Å². The number of rotatable bonds is 53. The molecule has 0 aliphatic heterocycles. The third-order valence-electron chi connectivity index (χ3n) is 12.8. The number of hydrogen-bond acceptors (Lipinski definition) is 6. The van der Waals surface area contributed by atoms with Gasteiger partial charge in [-0.2, -0.15) is 0 Å². The zero-order valence-electron chi connectivity index (χ0n) is 45.1. The van der Waals surface area contributed by atoms with Crippen LogP contribution in [0.5, 0.6) is 0 Å². The first-order chi connectivity index (χ1) is 33.5. The third kappa shape index (κ3) is 54.1. The van der Waals surface area contributed by atoms with E-state index < -0.39 is 6.10 Å². The smallest absolute Gasteiger partial charge is 0.306 e. The predicted molar refractivity (Wildman–Crippen MR) is 293 cm³/mol. The number of ether oxygens (including phenoxy) is 3. The SMILES string of the molecule is CC\C=C/C=C\C=C/CCCCCCCC(=O)OCC(COC(=O)CCCCCCCCCCCC/C=C\C=C/CCCCC)OC(=O)CCCCCCCCCCCCCCCCCCCC. The molecule has 0 fully saturated rings. The summed E-state index contributed by atoms with van der Waals surface area (Å²) in [6, 6.07) is 0. The molecule has 0 saturated carbocycles. The summed E-state index contributed by atoms with van der Waals surface area (Å²) in [5.74, 6) is -0.890. The number of allylic oxidation sites excluding steroid dienone is 10. The van der Waals surface area contributed by atoms with Crippen LogP contribution in [0, 0.1) is 0 Å². The highest BCUT2D eigenvalue weighted by atomic mass is 16.6. The van der Waals surface area contributed by atoms with Crippen LogP contribution in [0.3, 0.4) is 0 Å². The average molecular weight is 952 g/mol. The minimum absolute atomic E-state index is 0.0802. The second-order valence-electron chi connectivity index (χ2n) is 19.6. The maximum Gasteiger partial charge on any atom is 0.306 e. The van der Waals surface area contributed by atoms with Crippen molar-refractivity contribution in [2.24, 2.45) is 0 Å². The van der Waals surface area contributed by atoms with E-state index in [0.717, 1.165) is 83.5 Å². The minimum atomic E-state index is -0.782. The van der Waals surface area contributed by atoms with E-state index in [4.69, 9.17) is 14.2 Å². The van der Waals surface area contributed by atoms with Crippen molar-refractivity contribution in [3.63, 3.8) is 0 Å². The van der Waals surface area contributed by atoms with Crippen LogP contribution in [0.25, 0.3) is 0 Å². The summed E-state index contributed by atoms with van der Waals surface area (Å²) < 4.78 is 16.9. The van der Waals surface area contributed by atoms with Crippen molar-refractivity contribution in [2.75, 3.05) is 13.2 Å². The molecule has 0 aromatic heterocycles. The Morgan fingerprint density at radius 3 is 0.926 bits per heavy atom. The minimum Gasteiger partial charge on any atom is -0.462 e. The molecule has 0 rings (SSSR count). The molecule has 0 aliphatic rings. The monoisotopic (exact) mass is 951 g/mol. The van der Waals surface area contributed by atoms with Gasteiger partial charge in [-0.25, -0.2) is 0 Å². The third-order valence-corrected chi connectivity index (χ3v) is 12.8. The standard InChI is InChI=1S/C62H110O6/c1-4-7-10-13-16-19-22-25-27-29-31-33-34-37-40-43-46-49-52-55-61(64)67-58-59(57-66-60(63)54-51-48-45-42-39-36-24-21-18-15-12-9-6-3)68-62(65)56-53-50-47-44-41-38-35-32-30-28-26-23-20-17-14-11-8-5-2/h9,12,15-16,18-19,21-22,24-25,59H,4-8,10-11,13-14,17,20,23,26-58H2,1-3H3/b12-9-,18-15-,19-16-,24-21-,25-22-. The molecule has 0 heterocycles. The number of carbonyl (C=O) groups excluding carboxylic acids is 3. The van der Waals surface area contributed by atoms with Gasteiger partial charge in [-0.1, -0.05) is 274 Å². The quantitative estimate of drug-likeness (QED) is 0.0262. The van der Waals surface area contributed by atoms with E-state index in [1.54, 1.807) is 0 Å². The zero-order chi connectivity index (χ0) is 49.3. The highest BCUT2D eigenvalue weighted by Gasteiger charge is 2.19. The Balaban J connectivity index is 4.34. The predicted octanol–water partition coefficient (Wildman–Crippen LogP) is 19.6. The Morgan fingerprint density at radius 2 is 0.574 bits per heavy atom. The first-order valence-corrected chi connectivity index (χ1v) is 29.3. The zero-order valence-corrected chi connectivity index (χ0v) is 45.1. The fourth-order valence-electron chi connectivity index (χ4n) is 8.44. The van der Waals surface area contributed by atoms with Gasteiger partial charge in [0.2, 0.25) is 0 Å². The second-order valence-corrected chi connectivity index (χ2v) is 19.6. The maximum atomic E-state index is 12.9. The van der Waals surface area contributed by atoms with Crippen LogP contribution in [0.15, 0.2) is 60.8 Å². The molecule has 0 saturated heterocycles. The van der Waals surface area contributed by atoms with Crippen molar-refractivity contribution in [1.29, 1.82) is 0 Å². The van der Waals surface area contributed by atoms with Gasteiger partial charge in [-0.05, 0) is 64.2 Å². The molecule has 0 spiro atoms. The largest absolute Gasteiger partial charge is 0.462 e. The Bertz CT molecular complexity index is 1230. The molecule has 394 valence electrons. The lowest BCUT2D eigenvalue weighted by molar-refractivity contribution is -0.167. The van der Waals surface area contributed by atoms with Crippen LogP contribution in [-0.2, 0) is 28.6 Å². The summed E-state index contributed by atoms with van der Waals surface area (Å²) in [7, 11) is 0. The average Bonchev–Trinajstić information content (AvgIpc) is 3.34. The summed E-state index contributed by atoms with van der Waals surface area (Å²) in [5.41, 5.74) is 0. The van der Waals surface area contributed by atoms with Gasteiger partial charge in [-0.15, -0.1) is 0 Å². The normalized spacial score (nSPS) is 12.5.